The molecule has 14 heavy (non-hydrogen) atoms. The van der Waals surface area contributed by atoms with Crippen LogP contribution in [0.3, 0.4) is 0 Å². The highest BCUT2D eigenvalue weighted by Gasteiger charge is 2.35. The average molecular weight is 245 g/mol. The highest BCUT2D eigenvalue weighted by atomic mass is 35.5. The van der Waals surface area contributed by atoms with Crippen LogP contribution in [0.25, 0.3) is 0 Å². The van der Waals surface area contributed by atoms with Crippen molar-refractivity contribution in [2.45, 2.75) is 12.7 Å². The molecule has 0 aromatic carbocycles. The third kappa shape index (κ3) is 2.29. The van der Waals surface area contributed by atoms with Gasteiger partial charge in [0, 0.05) is 12.1 Å². The van der Waals surface area contributed by atoms with Gasteiger partial charge in [0.05, 0.1) is 5.02 Å². The normalized spacial score (nSPS) is 11.9. The maximum Gasteiger partial charge on any atom is 0.434 e. The van der Waals surface area contributed by atoms with Gasteiger partial charge in [-0.1, -0.05) is 23.2 Å². The van der Waals surface area contributed by atoms with E-state index < -0.39 is 16.9 Å². The highest BCUT2D eigenvalue weighted by molar-refractivity contribution is 6.33. The molecule has 1 aromatic heterocycles. The van der Waals surface area contributed by atoms with Gasteiger partial charge in [-0.15, -0.1) is 0 Å². The first-order valence-electron chi connectivity index (χ1n) is 3.48. The Kier molecular flexibility index (Phi) is 3.24. The van der Waals surface area contributed by atoms with E-state index >= 15 is 0 Å². The average Bonchev–Trinajstić information content (AvgIpc) is 2.06. The molecule has 0 amide bonds. The molecule has 0 atom stereocenters. The van der Waals surface area contributed by atoms with Crippen LogP contribution >= 0.6 is 23.2 Å². The summed E-state index contributed by atoms with van der Waals surface area (Å²) in [6, 6.07) is 1.07. The molecule has 0 fully saturated rings. The van der Waals surface area contributed by atoms with Gasteiger partial charge in [0.25, 0.3) is 0 Å². The summed E-state index contributed by atoms with van der Waals surface area (Å²) in [7, 11) is 0. The van der Waals surface area contributed by atoms with Crippen LogP contribution in [-0.2, 0) is 12.7 Å². The molecule has 0 bridgehead atoms. The second-order valence-electron chi connectivity index (χ2n) is 2.47. The molecule has 1 aromatic rings. The summed E-state index contributed by atoms with van der Waals surface area (Å²) in [5.41, 5.74) is 4.30. The molecule has 0 aliphatic rings. The molecule has 0 spiro atoms. The topological polar surface area (TPSA) is 38.9 Å². The number of hydrogen-bond donors (Lipinski definition) is 1. The van der Waals surface area contributed by atoms with E-state index in [1.165, 1.54) is 0 Å². The van der Waals surface area contributed by atoms with Gasteiger partial charge in [0.15, 0.2) is 5.69 Å². The zero-order valence-corrected chi connectivity index (χ0v) is 8.21. The third-order valence-electron chi connectivity index (χ3n) is 1.49. The van der Waals surface area contributed by atoms with E-state index in [2.05, 4.69) is 4.98 Å². The number of hydrogen-bond acceptors (Lipinski definition) is 2. The Morgan fingerprint density at radius 1 is 1.36 bits per heavy atom. The lowest BCUT2D eigenvalue weighted by Crippen LogP contribution is -2.11. The Bertz CT molecular complexity index is 352. The van der Waals surface area contributed by atoms with Crippen LogP contribution in [0.15, 0.2) is 6.07 Å². The van der Waals surface area contributed by atoms with E-state index in [4.69, 9.17) is 28.9 Å². The van der Waals surface area contributed by atoms with Crippen molar-refractivity contribution in [3.8, 4) is 0 Å². The highest BCUT2D eigenvalue weighted by Crippen LogP contribution is 2.34. The lowest BCUT2D eigenvalue weighted by Gasteiger charge is -2.09. The van der Waals surface area contributed by atoms with Gasteiger partial charge in [0.1, 0.15) is 5.15 Å². The number of aromatic nitrogens is 1. The minimum absolute atomic E-state index is 0.0102. The third-order valence-corrected chi connectivity index (χ3v) is 2.11. The standard InChI is InChI=1S/C7H5Cl2F3N2/c8-4-1-3(2-13)6(9)14-5(4)7(10,11)12/h1H,2,13H2. The van der Waals surface area contributed by atoms with Crippen LogP contribution in [0.4, 0.5) is 13.2 Å². The van der Waals surface area contributed by atoms with Crippen molar-refractivity contribution in [1.29, 1.82) is 0 Å². The van der Waals surface area contributed by atoms with Crippen LogP contribution in [0.1, 0.15) is 11.3 Å². The molecule has 2 nitrogen and oxygen atoms in total. The molecule has 1 rings (SSSR count). The van der Waals surface area contributed by atoms with Crippen LogP contribution in [0.5, 0.6) is 0 Å². The van der Waals surface area contributed by atoms with Gasteiger partial charge < -0.3 is 5.73 Å². The maximum absolute atomic E-state index is 12.2. The predicted octanol–water partition coefficient (Wildman–Crippen LogP) is 2.87. The van der Waals surface area contributed by atoms with Crippen LogP contribution in [0.2, 0.25) is 10.2 Å². The first kappa shape index (κ1) is 11.6. The van der Waals surface area contributed by atoms with Gasteiger partial charge in [-0.2, -0.15) is 13.2 Å². The van der Waals surface area contributed by atoms with E-state index in [1.807, 2.05) is 0 Å². The zero-order chi connectivity index (χ0) is 10.9. The molecule has 7 heteroatoms. The summed E-state index contributed by atoms with van der Waals surface area (Å²) in [5.74, 6) is 0. The van der Waals surface area contributed by atoms with Crippen molar-refractivity contribution in [3.05, 3.63) is 27.5 Å². The summed E-state index contributed by atoms with van der Waals surface area (Å²) in [5, 5.41) is -0.772. The molecule has 2 N–H and O–H groups in total. The van der Waals surface area contributed by atoms with Gasteiger partial charge in [-0.25, -0.2) is 4.98 Å². The smallest absolute Gasteiger partial charge is 0.326 e. The molecule has 0 aliphatic carbocycles. The summed E-state index contributed by atoms with van der Waals surface area (Å²) >= 11 is 10.8. The van der Waals surface area contributed by atoms with Crippen molar-refractivity contribution in [2.75, 3.05) is 0 Å². The quantitative estimate of drug-likeness (QED) is 0.772. The lowest BCUT2D eigenvalue weighted by molar-refractivity contribution is -0.141. The molecular formula is C7H5Cl2F3N2. The van der Waals surface area contributed by atoms with Gasteiger partial charge in [-0.3, -0.25) is 0 Å². The summed E-state index contributed by atoms with van der Waals surface area (Å²) < 4.78 is 36.7. The number of pyridine rings is 1. The first-order valence-corrected chi connectivity index (χ1v) is 4.24. The molecule has 1 heterocycles. The maximum atomic E-state index is 12.2. The number of alkyl halides is 3. The Morgan fingerprint density at radius 3 is 2.36 bits per heavy atom. The van der Waals surface area contributed by atoms with Crippen molar-refractivity contribution in [2.24, 2.45) is 5.73 Å². The van der Waals surface area contributed by atoms with E-state index in [-0.39, 0.29) is 17.3 Å². The number of rotatable bonds is 1. The fourth-order valence-corrected chi connectivity index (χ4v) is 1.34. The van der Waals surface area contributed by atoms with E-state index in [1.54, 1.807) is 0 Å². The zero-order valence-electron chi connectivity index (χ0n) is 6.70. The van der Waals surface area contributed by atoms with Crippen molar-refractivity contribution in [1.82, 2.24) is 4.98 Å². The summed E-state index contributed by atoms with van der Waals surface area (Å²) in [4.78, 5) is 3.14. The second-order valence-corrected chi connectivity index (χ2v) is 3.24. The molecule has 0 saturated heterocycles. The van der Waals surface area contributed by atoms with Crippen LogP contribution in [-0.4, -0.2) is 4.98 Å². The van der Waals surface area contributed by atoms with Crippen LogP contribution in [0, 0.1) is 0 Å². The Balaban J connectivity index is 3.29. The molecule has 0 unspecified atom stereocenters. The Hall–Kier alpha value is -0.520. The summed E-state index contributed by atoms with van der Waals surface area (Å²) in [6.07, 6.45) is -4.60. The monoisotopic (exact) mass is 244 g/mol. The van der Waals surface area contributed by atoms with E-state index in [0.29, 0.717) is 0 Å². The van der Waals surface area contributed by atoms with Gasteiger partial charge in [0.2, 0.25) is 0 Å². The number of nitrogens with zero attached hydrogens (tertiary/aromatic N) is 1. The largest absolute Gasteiger partial charge is 0.434 e. The summed E-state index contributed by atoms with van der Waals surface area (Å²) in [6.45, 7) is -0.0102. The number of halogens is 5. The van der Waals surface area contributed by atoms with Gasteiger partial charge >= 0.3 is 6.18 Å². The fourth-order valence-electron chi connectivity index (χ4n) is 0.846. The van der Waals surface area contributed by atoms with Crippen molar-refractivity contribution < 1.29 is 13.2 Å². The van der Waals surface area contributed by atoms with Crippen LogP contribution < -0.4 is 5.73 Å². The van der Waals surface area contributed by atoms with Crippen molar-refractivity contribution >= 4 is 23.2 Å². The first-order chi connectivity index (χ1) is 6.36. The predicted molar refractivity (Wildman–Crippen MR) is 47.2 cm³/mol. The molecular weight excluding hydrogens is 240 g/mol. The van der Waals surface area contributed by atoms with Gasteiger partial charge in [-0.05, 0) is 6.07 Å². The minimum Gasteiger partial charge on any atom is -0.326 e. The minimum atomic E-state index is -4.60. The Labute approximate surface area is 87.8 Å². The van der Waals surface area contributed by atoms with E-state index in [0.717, 1.165) is 6.07 Å². The molecule has 78 valence electrons. The fraction of sp³-hybridized carbons (Fsp3) is 0.286. The van der Waals surface area contributed by atoms with E-state index in [9.17, 15) is 13.2 Å². The molecule has 0 radical (unpaired) electrons. The molecule has 0 aliphatic heterocycles. The van der Waals surface area contributed by atoms with Crippen molar-refractivity contribution in [3.63, 3.8) is 0 Å². The SMILES string of the molecule is NCc1cc(Cl)c(C(F)(F)F)nc1Cl. The number of nitrogens with two attached hydrogens (primary N) is 1. The Morgan fingerprint density at radius 2 is 1.93 bits per heavy atom. The molecule has 0 saturated carbocycles. The lowest BCUT2D eigenvalue weighted by atomic mass is 10.2. The second kappa shape index (κ2) is 3.92.